The molecule has 0 saturated heterocycles. The fourth-order valence-corrected chi connectivity index (χ4v) is 1.01. The Hall–Kier alpha value is -1.42. The van der Waals surface area contributed by atoms with Gasteiger partial charge in [-0.3, -0.25) is 19.9 Å². The third-order valence-electron chi connectivity index (χ3n) is 1.34. The van der Waals surface area contributed by atoms with Crippen molar-refractivity contribution in [2.24, 2.45) is 0 Å². The molecule has 1 aromatic rings. The number of hydrogen-bond acceptors (Lipinski definition) is 3. The number of halogens is 1. The van der Waals surface area contributed by atoms with Crippen LogP contribution < -0.4 is 5.32 Å². The average Bonchev–Trinajstić information content (AvgIpc) is 2.04. The number of amides is 2. The molecule has 0 bridgehead atoms. The largest absolute Gasteiger partial charge is 0.299 e. The Bertz CT molecular complexity index is 328. The molecule has 1 heterocycles. The summed E-state index contributed by atoms with van der Waals surface area (Å²) in [4.78, 5) is 24.7. The van der Waals surface area contributed by atoms with E-state index >= 15 is 0 Å². The van der Waals surface area contributed by atoms with Gasteiger partial charge in [0, 0.05) is 11.2 Å². The van der Waals surface area contributed by atoms with Gasteiger partial charge in [0.25, 0.3) is 0 Å². The molecule has 1 rings (SSSR count). The Labute approximate surface area is 79.9 Å². The number of imide groups is 1. The normalized spacial score (nSPS) is 9.31. The predicted octanol–water partition coefficient (Wildman–Crippen LogP) is 0.550. The number of rotatable bonds is 3. The Morgan fingerprint density at radius 2 is 2.46 bits per heavy atom. The Balaban J connectivity index is 2.63. The van der Waals surface area contributed by atoms with E-state index < -0.39 is 5.91 Å². The first kappa shape index (κ1) is 9.67. The first-order chi connectivity index (χ1) is 6.22. The van der Waals surface area contributed by atoms with Gasteiger partial charge in [-0.1, -0.05) is 11.6 Å². The van der Waals surface area contributed by atoms with Crippen molar-refractivity contribution in [1.82, 2.24) is 10.3 Å². The Morgan fingerprint density at radius 1 is 1.69 bits per heavy atom. The van der Waals surface area contributed by atoms with E-state index in [1.807, 2.05) is 5.32 Å². The van der Waals surface area contributed by atoms with E-state index in [1.165, 1.54) is 6.20 Å². The van der Waals surface area contributed by atoms with Crippen molar-refractivity contribution in [2.75, 3.05) is 0 Å². The zero-order valence-corrected chi connectivity index (χ0v) is 7.41. The first-order valence-electron chi connectivity index (χ1n) is 3.56. The molecular weight excluding hydrogens is 192 g/mol. The molecule has 1 N–H and O–H groups in total. The van der Waals surface area contributed by atoms with Crippen LogP contribution in [0.25, 0.3) is 0 Å². The van der Waals surface area contributed by atoms with Gasteiger partial charge in [-0.2, -0.15) is 0 Å². The molecule has 0 atom stereocenters. The molecule has 5 heteroatoms. The van der Waals surface area contributed by atoms with Gasteiger partial charge < -0.3 is 0 Å². The van der Waals surface area contributed by atoms with Crippen LogP contribution in [0.15, 0.2) is 18.3 Å². The summed E-state index contributed by atoms with van der Waals surface area (Å²) in [6.07, 6.45) is 1.90. The minimum atomic E-state index is -0.398. The van der Waals surface area contributed by atoms with Crippen LogP contribution in [0, 0.1) is 0 Å². The van der Waals surface area contributed by atoms with Gasteiger partial charge >= 0.3 is 0 Å². The van der Waals surface area contributed by atoms with Crippen LogP contribution in [0.3, 0.4) is 0 Å². The predicted molar refractivity (Wildman–Crippen MR) is 47.2 cm³/mol. The number of aromatic nitrogens is 1. The lowest BCUT2D eigenvalue weighted by Crippen LogP contribution is -2.23. The number of pyridine rings is 1. The zero-order chi connectivity index (χ0) is 9.68. The number of carbonyl (C=O) groups excluding carboxylic acids is 2. The molecule has 68 valence electrons. The fourth-order valence-electron chi connectivity index (χ4n) is 0.827. The van der Waals surface area contributed by atoms with E-state index in [1.54, 1.807) is 12.1 Å². The summed E-state index contributed by atoms with van der Waals surface area (Å²) >= 11 is 5.66. The fraction of sp³-hybridized carbons (Fsp3) is 0.125. The maximum absolute atomic E-state index is 10.9. The molecule has 0 aliphatic heterocycles. The topological polar surface area (TPSA) is 59.1 Å². The third-order valence-corrected chi connectivity index (χ3v) is 1.58. The number of carbonyl (C=O) groups is 2. The van der Waals surface area contributed by atoms with Gasteiger partial charge in [0.05, 0.1) is 12.1 Å². The van der Waals surface area contributed by atoms with Gasteiger partial charge in [0.2, 0.25) is 12.3 Å². The van der Waals surface area contributed by atoms with E-state index in [2.05, 4.69) is 4.98 Å². The third kappa shape index (κ3) is 3.21. The van der Waals surface area contributed by atoms with Gasteiger partial charge in [0.1, 0.15) is 0 Å². The van der Waals surface area contributed by atoms with Crippen LogP contribution in [0.1, 0.15) is 5.69 Å². The van der Waals surface area contributed by atoms with Crippen LogP contribution in [0.4, 0.5) is 0 Å². The summed E-state index contributed by atoms with van der Waals surface area (Å²) in [7, 11) is 0. The highest BCUT2D eigenvalue weighted by atomic mass is 35.5. The summed E-state index contributed by atoms with van der Waals surface area (Å²) in [5.41, 5.74) is 0.534. The molecule has 0 aliphatic carbocycles. The molecule has 0 aliphatic rings. The van der Waals surface area contributed by atoms with Gasteiger partial charge in [-0.15, -0.1) is 0 Å². The summed E-state index contributed by atoms with van der Waals surface area (Å²) < 4.78 is 0. The van der Waals surface area contributed by atoms with Crippen LogP contribution in [0.5, 0.6) is 0 Å². The van der Waals surface area contributed by atoms with Crippen molar-refractivity contribution >= 4 is 23.9 Å². The standard InChI is InChI=1S/C8H7ClN2O2/c9-6-1-2-10-7(3-6)4-8(13)11-5-12/h1-3,5H,4H2,(H,11,12,13). The van der Waals surface area contributed by atoms with E-state index in [4.69, 9.17) is 11.6 Å². The summed E-state index contributed by atoms with van der Waals surface area (Å²) in [6.45, 7) is 0. The van der Waals surface area contributed by atoms with Crippen LogP contribution >= 0.6 is 11.6 Å². The maximum Gasteiger partial charge on any atom is 0.232 e. The van der Waals surface area contributed by atoms with Crippen LogP contribution in [-0.4, -0.2) is 17.3 Å². The van der Waals surface area contributed by atoms with Crippen LogP contribution in [-0.2, 0) is 16.0 Å². The maximum atomic E-state index is 10.9. The van der Waals surface area contributed by atoms with E-state index in [0.717, 1.165) is 0 Å². The molecule has 0 spiro atoms. The lowest BCUT2D eigenvalue weighted by molar-refractivity contribution is -0.124. The minimum absolute atomic E-state index is 0.0549. The molecule has 4 nitrogen and oxygen atoms in total. The molecule has 0 fully saturated rings. The minimum Gasteiger partial charge on any atom is -0.299 e. The van der Waals surface area contributed by atoms with Crippen molar-refractivity contribution in [3.63, 3.8) is 0 Å². The second-order valence-corrected chi connectivity index (χ2v) is 2.76. The lowest BCUT2D eigenvalue weighted by atomic mass is 10.2. The number of hydrogen-bond donors (Lipinski definition) is 1. The molecule has 2 amide bonds. The number of nitrogens with zero attached hydrogens (tertiary/aromatic N) is 1. The van der Waals surface area contributed by atoms with Crippen molar-refractivity contribution < 1.29 is 9.59 Å². The molecule has 0 unspecified atom stereocenters. The van der Waals surface area contributed by atoms with Crippen LogP contribution in [0.2, 0.25) is 5.02 Å². The highest BCUT2D eigenvalue weighted by Gasteiger charge is 2.03. The summed E-state index contributed by atoms with van der Waals surface area (Å²) in [5.74, 6) is -0.398. The highest BCUT2D eigenvalue weighted by Crippen LogP contribution is 2.07. The molecule has 0 saturated carbocycles. The second-order valence-electron chi connectivity index (χ2n) is 2.33. The molecular formula is C8H7ClN2O2. The molecule has 1 aromatic heterocycles. The first-order valence-corrected chi connectivity index (χ1v) is 3.93. The Morgan fingerprint density at radius 3 is 3.08 bits per heavy atom. The van der Waals surface area contributed by atoms with Gasteiger partial charge in [-0.25, -0.2) is 0 Å². The van der Waals surface area contributed by atoms with Gasteiger partial charge in [-0.05, 0) is 12.1 Å². The summed E-state index contributed by atoms with van der Waals surface area (Å²) in [5, 5.41) is 2.53. The SMILES string of the molecule is O=CNC(=O)Cc1cc(Cl)ccn1. The number of nitrogens with one attached hydrogen (secondary N) is 1. The van der Waals surface area contributed by atoms with Crippen molar-refractivity contribution in [3.8, 4) is 0 Å². The van der Waals surface area contributed by atoms with E-state index in [0.29, 0.717) is 17.1 Å². The van der Waals surface area contributed by atoms with Crippen molar-refractivity contribution in [2.45, 2.75) is 6.42 Å². The molecule has 0 aromatic carbocycles. The van der Waals surface area contributed by atoms with E-state index in [9.17, 15) is 9.59 Å². The summed E-state index contributed by atoms with van der Waals surface area (Å²) in [6, 6.07) is 3.19. The molecule has 0 radical (unpaired) electrons. The second kappa shape index (κ2) is 4.57. The average molecular weight is 199 g/mol. The lowest BCUT2D eigenvalue weighted by Gasteiger charge is -1.98. The van der Waals surface area contributed by atoms with Crippen molar-refractivity contribution in [1.29, 1.82) is 0 Å². The quantitative estimate of drug-likeness (QED) is 0.722. The smallest absolute Gasteiger partial charge is 0.232 e. The van der Waals surface area contributed by atoms with Crippen molar-refractivity contribution in [3.05, 3.63) is 29.0 Å². The van der Waals surface area contributed by atoms with E-state index in [-0.39, 0.29) is 6.42 Å². The highest BCUT2D eigenvalue weighted by molar-refractivity contribution is 6.30. The molecule has 13 heavy (non-hydrogen) atoms. The van der Waals surface area contributed by atoms with Gasteiger partial charge in [0.15, 0.2) is 0 Å². The zero-order valence-electron chi connectivity index (χ0n) is 6.66. The monoisotopic (exact) mass is 198 g/mol. The Kier molecular flexibility index (Phi) is 3.40.